The number of hydrogen-bond donors (Lipinski definition) is 1. The molecule has 0 aliphatic heterocycles. The van der Waals surface area contributed by atoms with Crippen LogP contribution in [0.5, 0.6) is 0 Å². The van der Waals surface area contributed by atoms with Gasteiger partial charge in [0.05, 0.1) is 6.54 Å². The average molecular weight is 233 g/mol. The Morgan fingerprint density at radius 2 is 2.12 bits per heavy atom. The Balaban J connectivity index is 2.10. The van der Waals surface area contributed by atoms with Crippen LogP contribution in [0.4, 0.5) is 0 Å². The van der Waals surface area contributed by atoms with Crippen molar-refractivity contribution in [3.8, 4) is 0 Å². The molecule has 0 bridgehead atoms. The third-order valence-electron chi connectivity index (χ3n) is 3.28. The number of benzene rings is 1. The molecule has 17 heavy (non-hydrogen) atoms. The maximum atomic E-state index is 10.8. The Hall–Kier alpha value is -1.35. The molecule has 0 aromatic heterocycles. The summed E-state index contributed by atoms with van der Waals surface area (Å²) in [7, 11) is 0. The number of carbonyl (C=O) groups is 1. The van der Waals surface area contributed by atoms with Gasteiger partial charge in [0.1, 0.15) is 0 Å². The van der Waals surface area contributed by atoms with Gasteiger partial charge in [-0.3, -0.25) is 9.69 Å². The van der Waals surface area contributed by atoms with Crippen molar-refractivity contribution in [1.82, 2.24) is 4.90 Å². The molecule has 1 aromatic carbocycles. The van der Waals surface area contributed by atoms with Gasteiger partial charge in [0.15, 0.2) is 0 Å². The minimum absolute atomic E-state index is 0.151. The van der Waals surface area contributed by atoms with Crippen LogP contribution in [0.15, 0.2) is 18.2 Å². The number of nitrogens with zero attached hydrogens (tertiary/aromatic N) is 1. The highest BCUT2D eigenvalue weighted by Gasteiger charge is 2.30. The Morgan fingerprint density at radius 1 is 1.41 bits per heavy atom. The van der Waals surface area contributed by atoms with Gasteiger partial charge >= 0.3 is 5.97 Å². The average Bonchev–Trinajstić information content (AvgIpc) is 3.05. The summed E-state index contributed by atoms with van der Waals surface area (Å²) in [4.78, 5) is 12.9. The van der Waals surface area contributed by atoms with Crippen molar-refractivity contribution in [2.24, 2.45) is 0 Å². The Bertz CT molecular complexity index is 424. The predicted molar refractivity (Wildman–Crippen MR) is 67.0 cm³/mol. The third-order valence-corrected chi connectivity index (χ3v) is 3.28. The van der Waals surface area contributed by atoms with Crippen LogP contribution in [-0.4, -0.2) is 28.6 Å². The number of aryl methyl sites for hydroxylation is 2. The molecule has 0 amide bonds. The topological polar surface area (TPSA) is 40.5 Å². The Kier molecular flexibility index (Phi) is 3.48. The van der Waals surface area contributed by atoms with E-state index in [4.69, 9.17) is 5.11 Å². The number of hydrogen-bond acceptors (Lipinski definition) is 2. The molecule has 3 nitrogen and oxygen atoms in total. The van der Waals surface area contributed by atoms with Gasteiger partial charge in [0.2, 0.25) is 0 Å². The third kappa shape index (κ3) is 3.30. The minimum atomic E-state index is -0.734. The first-order chi connectivity index (χ1) is 8.06. The first-order valence-corrected chi connectivity index (χ1v) is 6.08. The molecule has 1 N–H and O–H groups in total. The zero-order valence-electron chi connectivity index (χ0n) is 10.4. The fourth-order valence-electron chi connectivity index (χ4n) is 2.12. The summed E-state index contributed by atoms with van der Waals surface area (Å²) >= 11 is 0. The molecule has 0 unspecified atom stereocenters. The largest absolute Gasteiger partial charge is 0.480 e. The van der Waals surface area contributed by atoms with Crippen LogP contribution in [0.25, 0.3) is 0 Å². The number of carboxylic acids is 1. The quantitative estimate of drug-likeness (QED) is 0.848. The lowest BCUT2D eigenvalue weighted by Crippen LogP contribution is -2.31. The Labute approximate surface area is 102 Å². The van der Waals surface area contributed by atoms with E-state index >= 15 is 0 Å². The molecule has 0 atom stereocenters. The maximum Gasteiger partial charge on any atom is 0.317 e. The summed E-state index contributed by atoms with van der Waals surface area (Å²) < 4.78 is 0. The molecule has 92 valence electrons. The molecule has 2 rings (SSSR count). The smallest absolute Gasteiger partial charge is 0.317 e. The normalized spacial score (nSPS) is 15.2. The summed E-state index contributed by atoms with van der Waals surface area (Å²) in [5.41, 5.74) is 3.72. The number of aliphatic carboxylic acids is 1. The van der Waals surface area contributed by atoms with Gasteiger partial charge in [-0.15, -0.1) is 0 Å². The van der Waals surface area contributed by atoms with Crippen LogP contribution in [0.1, 0.15) is 29.5 Å². The molecule has 1 saturated carbocycles. The van der Waals surface area contributed by atoms with E-state index in [0.29, 0.717) is 6.04 Å². The van der Waals surface area contributed by atoms with Crippen molar-refractivity contribution in [2.45, 2.75) is 39.3 Å². The van der Waals surface area contributed by atoms with Crippen LogP contribution in [0.2, 0.25) is 0 Å². The monoisotopic (exact) mass is 233 g/mol. The second-order valence-corrected chi connectivity index (χ2v) is 4.96. The van der Waals surface area contributed by atoms with E-state index in [0.717, 1.165) is 19.4 Å². The highest BCUT2D eigenvalue weighted by Crippen LogP contribution is 2.28. The van der Waals surface area contributed by atoms with Gasteiger partial charge in [-0.1, -0.05) is 23.8 Å². The first kappa shape index (κ1) is 12.1. The fourth-order valence-corrected chi connectivity index (χ4v) is 2.12. The van der Waals surface area contributed by atoms with E-state index in [2.05, 4.69) is 36.9 Å². The van der Waals surface area contributed by atoms with Gasteiger partial charge in [-0.25, -0.2) is 0 Å². The van der Waals surface area contributed by atoms with Crippen molar-refractivity contribution in [3.63, 3.8) is 0 Å². The molecule has 0 spiro atoms. The molecule has 1 aliphatic rings. The van der Waals surface area contributed by atoms with Crippen LogP contribution in [0.3, 0.4) is 0 Å². The van der Waals surface area contributed by atoms with Crippen molar-refractivity contribution in [1.29, 1.82) is 0 Å². The van der Waals surface area contributed by atoms with Gasteiger partial charge < -0.3 is 5.11 Å². The predicted octanol–water partition coefficient (Wildman–Crippen LogP) is 2.35. The fraction of sp³-hybridized carbons (Fsp3) is 0.500. The highest BCUT2D eigenvalue weighted by molar-refractivity contribution is 5.69. The molecule has 1 fully saturated rings. The molecular formula is C14H19NO2. The summed E-state index contributed by atoms with van der Waals surface area (Å²) in [6.45, 7) is 5.06. The highest BCUT2D eigenvalue weighted by atomic mass is 16.4. The minimum Gasteiger partial charge on any atom is -0.480 e. The van der Waals surface area contributed by atoms with Gasteiger partial charge in [-0.2, -0.15) is 0 Å². The van der Waals surface area contributed by atoms with Crippen LogP contribution in [-0.2, 0) is 11.3 Å². The lowest BCUT2D eigenvalue weighted by atomic mass is 10.1. The van der Waals surface area contributed by atoms with E-state index in [1.165, 1.54) is 16.7 Å². The first-order valence-electron chi connectivity index (χ1n) is 6.08. The Morgan fingerprint density at radius 3 is 2.71 bits per heavy atom. The van der Waals surface area contributed by atoms with E-state index in [9.17, 15) is 4.79 Å². The van der Waals surface area contributed by atoms with Crippen LogP contribution in [0, 0.1) is 13.8 Å². The standard InChI is InChI=1S/C14H19NO2/c1-10-3-4-11(2)12(7-10)8-15(9-14(16)17)13-5-6-13/h3-4,7,13H,5-6,8-9H2,1-2H3,(H,16,17). The van der Waals surface area contributed by atoms with Gasteiger partial charge in [-0.05, 0) is 37.8 Å². The summed E-state index contributed by atoms with van der Waals surface area (Å²) in [5, 5.41) is 8.92. The van der Waals surface area contributed by atoms with E-state index < -0.39 is 5.97 Å². The molecule has 3 heteroatoms. The van der Waals surface area contributed by atoms with Crippen LogP contribution >= 0.6 is 0 Å². The van der Waals surface area contributed by atoms with Crippen molar-refractivity contribution < 1.29 is 9.90 Å². The van der Waals surface area contributed by atoms with Crippen molar-refractivity contribution >= 4 is 5.97 Å². The van der Waals surface area contributed by atoms with Gasteiger partial charge in [0.25, 0.3) is 0 Å². The summed E-state index contributed by atoms with van der Waals surface area (Å²) in [6, 6.07) is 6.84. The van der Waals surface area contributed by atoms with E-state index in [1.54, 1.807) is 0 Å². The second-order valence-electron chi connectivity index (χ2n) is 4.96. The van der Waals surface area contributed by atoms with E-state index in [1.807, 2.05) is 0 Å². The second kappa shape index (κ2) is 4.88. The van der Waals surface area contributed by atoms with E-state index in [-0.39, 0.29) is 6.54 Å². The zero-order chi connectivity index (χ0) is 12.4. The lowest BCUT2D eigenvalue weighted by molar-refractivity contribution is -0.138. The summed E-state index contributed by atoms with van der Waals surface area (Å²) in [5.74, 6) is -0.734. The number of carboxylic acid groups (broad SMARTS) is 1. The maximum absolute atomic E-state index is 10.8. The molecule has 1 aliphatic carbocycles. The van der Waals surface area contributed by atoms with Gasteiger partial charge in [0, 0.05) is 12.6 Å². The summed E-state index contributed by atoms with van der Waals surface area (Å²) in [6.07, 6.45) is 2.27. The molecule has 0 radical (unpaired) electrons. The van der Waals surface area contributed by atoms with Crippen molar-refractivity contribution in [3.05, 3.63) is 34.9 Å². The molecular weight excluding hydrogens is 214 g/mol. The van der Waals surface area contributed by atoms with Crippen molar-refractivity contribution in [2.75, 3.05) is 6.54 Å². The zero-order valence-corrected chi connectivity index (χ0v) is 10.4. The molecule has 1 aromatic rings. The molecule has 0 saturated heterocycles. The molecule has 0 heterocycles. The SMILES string of the molecule is Cc1ccc(C)c(CN(CC(=O)O)C2CC2)c1. The number of rotatable bonds is 5. The van der Waals surface area contributed by atoms with Crippen LogP contribution < -0.4 is 0 Å². The lowest BCUT2D eigenvalue weighted by Gasteiger charge is -2.21.